The van der Waals surface area contributed by atoms with Crippen LogP contribution in [0.1, 0.15) is 25.3 Å². The lowest BCUT2D eigenvalue weighted by molar-refractivity contribution is 0.796. The molecule has 0 amide bonds. The van der Waals surface area contributed by atoms with E-state index in [1.54, 1.807) is 0 Å². The number of fused-ring (bicyclic) bond motifs is 3. The van der Waals surface area contributed by atoms with Gasteiger partial charge in [0.05, 0.1) is 11.0 Å². The molecule has 0 aliphatic carbocycles. The number of nitrogens with zero attached hydrogens (tertiary/aromatic N) is 1. The molecule has 0 radical (unpaired) electrons. The maximum Gasteiger partial charge on any atom is 0.0541 e. The van der Waals surface area contributed by atoms with Crippen LogP contribution in [0.3, 0.4) is 0 Å². The van der Waals surface area contributed by atoms with Crippen LogP contribution in [0.25, 0.3) is 38.6 Å². The Kier molecular flexibility index (Phi) is 6.01. The highest BCUT2D eigenvalue weighted by atomic mass is 15.0. The molecule has 0 saturated heterocycles. The molecule has 1 aromatic heterocycles. The Hall–Kier alpha value is -4.30. The highest BCUT2D eigenvalue weighted by Gasteiger charge is 2.14. The van der Waals surface area contributed by atoms with E-state index in [1.807, 2.05) is 18.2 Å². The van der Waals surface area contributed by atoms with Crippen molar-refractivity contribution in [3.63, 3.8) is 0 Å². The zero-order valence-electron chi connectivity index (χ0n) is 20.6. The van der Waals surface area contributed by atoms with Crippen LogP contribution in [-0.4, -0.2) is 4.57 Å². The molecule has 6 rings (SSSR count). The molecule has 1 heterocycles. The van der Waals surface area contributed by atoms with Crippen LogP contribution in [0.4, 0.5) is 11.4 Å². The number of benzene rings is 5. The molecule has 0 fully saturated rings. The number of hydrogen-bond donors (Lipinski definition) is 1. The lowest BCUT2D eigenvalue weighted by Crippen LogP contribution is -1.93. The molecule has 2 nitrogen and oxygen atoms in total. The van der Waals surface area contributed by atoms with Crippen molar-refractivity contribution in [3.8, 4) is 16.8 Å². The Labute approximate surface area is 212 Å². The number of aromatic nitrogens is 1. The van der Waals surface area contributed by atoms with Gasteiger partial charge in [0.2, 0.25) is 0 Å². The summed E-state index contributed by atoms with van der Waals surface area (Å²) >= 11 is 0. The molecule has 0 saturated carbocycles. The van der Waals surface area contributed by atoms with E-state index in [-0.39, 0.29) is 0 Å². The first kappa shape index (κ1) is 22.2. The van der Waals surface area contributed by atoms with E-state index in [4.69, 9.17) is 0 Å². The molecule has 0 bridgehead atoms. The zero-order chi connectivity index (χ0) is 24.3. The Balaban J connectivity index is 1.44. The van der Waals surface area contributed by atoms with Gasteiger partial charge in [-0.15, -0.1) is 0 Å². The molecule has 0 unspecified atom stereocenters. The van der Waals surface area contributed by atoms with Crippen LogP contribution in [0, 0.1) is 0 Å². The number of hydrogen-bond acceptors (Lipinski definition) is 1. The van der Waals surface area contributed by atoms with Crippen LogP contribution in [-0.2, 0) is 6.42 Å². The molecular formula is C34H30N2. The molecule has 0 aliphatic heterocycles. The number of para-hydroxylation sites is 2. The van der Waals surface area contributed by atoms with Gasteiger partial charge in [0.15, 0.2) is 0 Å². The lowest BCUT2D eigenvalue weighted by atomic mass is 10.0. The van der Waals surface area contributed by atoms with Crippen molar-refractivity contribution < 1.29 is 0 Å². The summed E-state index contributed by atoms with van der Waals surface area (Å²) in [6.07, 6.45) is 3.56. The molecule has 5 aromatic carbocycles. The topological polar surface area (TPSA) is 17.0 Å². The first-order chi connectivity index (χ1) is 17.8. The predicted molar refractivity (Wildman–Crippen MR) is 155 cm³/mol. The predicted octanol–water partition coefficient (Wildman–Crippen LogP) is 9.54. The molecule has 0 aliphatic rings. The third kappa shape index (κ3) is 4.27. The van der Waals surface area contributed by atoms with E-state index in [0.29, 0.717) is 0 Å². The van der Waals surface area contributed by atoms with Gasteiger partial charge in [0, 0.05) is 27.8 Å². The SMILES string of the molecule is CCCCc1ccc2c(c1)c1cc(-c3ccc(Nc4ccccc4)cc3)ccc1n2-c1ccccc1. The summed E-state index contributed by atoms with van der Waals surface area (Å²) in [5, 5.41) is 6.11. The molecule has 176 valence electrons. The molecule has 2 heteroatoms. The van der Waals surface area contributed by atoms with Crippen LogP contribution < -0.4 is 5.32 Å². The monoisotopic (exact) mass is 466 g/mol. The van der Waals surface area contributed by atoms with Crippen molar-refractivity contribution in [2.24, 2.45) is 0 Å². The Morgan fingerprint density at radius 3 is 1.92 bits per heavy atom. The van der Waals surface area contributed by atoms with Gasteiger partial charge >= 0.3 is 0 Å². The van der Waals surface area contributed by atoms with Crippen molar-refractivity contribution in [3.05, 3.63) is 127 Å². The first-order valence-electron chi connectivity index (χ1n) is 12.9. The molecule has 36 heavy (non-hydrogen) atoms. The van der Waals surface area contributed by atoms with Crippen LogP contribution in [0.15, 0.2) is 121 Å². The molecule has 6 aromatic rings. The number of nitrogens with one attached hydrogen (secondary N) is 1. The van der Waals surface area contributed by atoms with Gasteiger partial charge in [-0.3, -0.25) is 0 Å². The van der Waals surface area contributed by atoms with E-state index < -0.39 is 0 Å². The average Bonchev–Trinajstić information content (AvgIpc) is 3.26. The molecule has 1 N–H and O–H groups in total. The maximum atomic E-state index is 3.48. The van der Waals surface area contributed by atoms with Gasteiger partial charge in [-0.1, -0.05) is 74.0 Å². The fraction of sp³-hybridized carbons (Fsp3) is 0.118. The molecule has 0 atom stereocenters. The third-order valence-corrected chi connectivity index (χ3v) is 6.94. The van der Waals surface area contributed by atoms with E-state index in [2.05, 4.69) is 120 Å². The smallest absolute Gasteiger partial charge is 0.0541 e. The van der Waals surface area contributed by atoms with Gasteiger partial charge in [0.1, 0.15) is 0 Å². The average molecular weight is 467 g/mol. The van der Waals surface area contributed by atoms with Gasteiger partial charge in [0.25, 0.3) is 0 Å². The maximum absolute atomic E-state index is 3.48. The van der Waals surface area contributed by atoms with E-state index >= 15 is 0 Å². The second-order valence-corrected chi connectivity index (χ2v) is 9.43. The quantitative estimate of drug-likeness (QED) is 0.248. The van der Waals surface area contributed by atoms with Gasteiger partial charge < -0.3 is 9.88 Å². The van der Waals surface area contributed by atoms with Gasteiger partial charge in [-0.2, -0.15) is 0 Å². The fourth-order valence-electron chi connectivity index (χ4n) is 5.08. The number of aryl methyl sites for hydroxylation is 1. The number of rotatable bonds is 7. The van der Waals surface area contributed by atoms with Crippen molar-refractivity contribution >= 4 is 33.2 Å². The minimum Gasteiger partial charge on any atom is -0.356 e. The standard InChI is InChI=1S/C34H30N2/c1-2-3-10-25-15-21-33-31(23-25)32-24-27(18-22-34(32)36(33)30-13-8-5-9-14-30)26-16-19-29(20-17-26)35-28-11-6-4-7-12-28/h4-9,11-24,35H,2-3,10H2,1H3. The van der Waals surface area contributed by atoms with Crippen molar-refractivity contribution in [2.45, 2.75) is 26.2 Å². The Bertz CT molecular complexity index is 1610. The summed E-state index contributed by atoms with van der Waals surface area (Å²) < 4.78 is 2.39. The highest BCUT2D eigenvalue weighted by Crippen LogP contribution is 2.36. The second-order valence-electron chi connectivity index (χ2n) is 9.43. The Morgan fingerprint density at radius 1 is 0.583 bits per heavy atom. The zero-order valence-corrected chi connectivity index (χ0v) is 20.6. The van der Waals surface area contributed by atoms with Gasteiger partial charge in [-0.25, -0.2) is 0 Å². The number of unbranched alkanes of at least 4 members (excludes halogenated alkanes) is 1. The van der Waals surface area contributed by atoms with Crippen LogP contribution in [0.2, 0.25) is 0 Å². The second kappa shape index (κ2) is 9.75. The van der Waals surface area contributed by atoms with Crippen LogP contribution >= 0.6 is 0 Å². The molecule has 0 spiro atoms. The van der Waals surface area contributed by atoms with Crippen molar-refractivity contribution in [2.75, 3.05) is 5.32 Å². The summed E-state index contributed by atoms with van der Waals surface area (Å²) in [6.45, 7) is 2.26. The van der Waals surface area contributed by atoms with E-state index in [0.717, 1.165) is 17.8 Å². The van der Waals surface area contributed by atoms with Crippen LogP contribution in [0.5, 0.6) is 0 Å². The number of anilines is 2. The highest BCUT2D eigenvalue weighted by molar-refractivity contribution is 6.10. The Morgan fingerprint density at radius 2 is 1.19 bits per heavy atom. The summed E-state index contributed by atoms with van der Waals surface area (Å²) in [5.74, 6) is 0. The first-order valence-corrected chi connectivity index (χ1v) is 12.9. The summed E-state index contributed by atoms with van der Waals surface area (Å²) in [5.41, 5.74) is 9.76. The largest absolute Gasteiger partial charge is 0.356 e. The lowest BCUT2D eigenvalue weighted by Gasteiger charge is -2.09. The fourth-order valence-corrected chi connectivity index (χ4v) is 5.08. The third-order valence-electron chi connectivity index (χ3n) is 6.94. The van der Waals surface area contributed by atoms with E-state index in [9.17, 15) is 0 Å². The molecular weight excluding hydrogens is 436 g/mol. The van der Waals surface area contributed by atoms with Crippen molar-refractivity contribution in [1.29, 1.82) is 0 Å². The van der Waals surface area contributed by atoms with E-state index in [1.165, 1.54) is 57.0 Å². The summed E-state index contributed by atoms with van der Waals surface area (Å²) in [4.78, 5) is 0. The summed E-state index contributed by atoms with van der Waals surface area (Å²) in [7, 11) is 0. The minimum absolute atomic E-state index is 1.09. The minimum atomic E-state index is 1.09. The van der Waals surface area contributed by atoms with Gasteiger partial charge in [-0.05, 0) is 90.2 Å². The normalized spacial score (nSPS) is 11.2. The summed E-state index contributed by atoms with van der Waals surface area (Å²) in [6, 6.07) is 43.6. The van der Waals surface area contributed by atoms with Crippen molar-refractivity contribution in [1.82, 2.24) is 4.57 Å².